The van der Waals surface area contributed by atoms with Crippen LogP contribution in [0.2, 0.25) is 0 Å². The molecule has 0 aliphatic heterocycles. The van der Waals surface area contributed by atoms with Crippen LogP contribution in [-0.4, -0.2) is 0 Å². The third-order valence-electron chi connectivity index (χ3n) is 1.71. The van der Waals surface area contributed by atoms with Crippen LogP contribution in [0.5, 0.6) is 0 Å². The summed E-state index contributed by atoms with van der Waals surface area (Å²) in [5.74, 6) is 0. The topological polar surface area (TPSA) is 0 Å². The monoisotopic (exact) mass is 146 g/mol. The Morgan fingerprint density at radius 3 is 2.73 bits per heavy atom. The first-order chi connectivity index (χ1) is 5.34. The Hall–Kier alpha value is -1.04. The van der Waals surface area contributed by atoms with Gasteiger partial charge in [0.05, 0.1) is 0 Å². The van der Waals surface area contributed by atoms with Crippen molar-refractivity contribution in [2.24, 2.45) is 0 Å². The average Bonchev–Trinajstić information content (AvgIpc) is 2.03. The van der Waals surface area contributed by atoms with Crippen molar-refractivity contribution in [3.63, 3.8) is 0 Å². The van der Waals surface area contributed by atoms with Crippen LogP contribution >= 0.6 is 0 Å². The van der Waals surface area contributed by atoms with Crippen molar-refractivity contribution in [3.05, 3.63) is 34.7 Å². The fourth-order valence-electron chi connectivity index (χ4n) is 1.03. The highest BCUT2D eigenvalue weighted by Crippen LogP contribution is 1.85. The Bertz CT molecular complexity index is 309. The van der Waals surface area contributed by atoms with Gasteiger partial charge in [0.2, 0.25) is 0 Å². The lowest BCUT2D eigenvalue weighted by Gasteiger charge is -1.87. The van der Waals surface area contributed by atoms with Crippen LogP contribution in [0, 0.1) is 0 Å². The third-order valence-corrected chi connectivity index (χ3v) is 1.71. The van der Waals surface area contributed by atoms with E-state index in [0.29, 0.717) is 0 Å². The molecular weight excluding hydrogens is 132 g/mol. The fraction of sp³-hybridized carbons (Fsp3) is 0.273. The van der Waals surface area contributed by atoms with E-state index < -0.39 is 0 Å². The maximum absolute atomic E-state index is 3.94. The number of rotatable bonds is 2. The number of benzene rings is 1. The van der Waals surface area contributed by atoms with Crippen LogP contribution in [0.4, 0.5) is 0 Å². The Labute approximate surface area is 67.9 Å². The van der Waals surface area contributed by atoms with Gasteiger partial charge in [0.1, 0.15) is 0 Å². The summed E-state index contributed by atoms with van der Waals surface area (Å²) >= 11 is 0. The van der Waals surface area contributed by atoms with Crippen molar-refractivity contribution in [1.82, 2.24) is 0 Å². The van der Waals surface area contributed by atoms with Crippen LogP contribution in [0.15, 0.2) is 24.3 Å². The zero-order valence-corrected chi connectivity index (χ0v) is 7.01. The lowest BCUT2D eigenvalue weighted by Crippen LogP contribution is -2.21. The summed E-state index contributed by atoms with van der Waals surface area (Å²) in [5, 5.41) is 2.40. The van der Waals surface area contributed by atoms with Gasteiger partial charge in [0.15, 0.2) is 0 Å². The molecule has 0 radical (unpaired) electrons. The molecule has 58 valence electrons. The Kier molecular flexibility index (Phi) is 2.91. The molecule has 0 bridgehead atoms. The van der Waals surface area contributed by atoms with Crippen molar-refractivity contribution in [1.29, 1.82) is 0 Å². The smallest absolute Gasteiger partial charge is 0.0230 e. The number of hydrogen-bond acceptors (Lipinski definition) is 0. The minimum atomic E-state index is 1.13. The second-order valence-electron chi connectivity index (χ2n) is 2.69. The molecule has 0 heterocycles. The highest BCUT2D eigenvalue weighted by molar-refractivity contribution is 5.25. The molecule has 1 aromatic carbocycles. The van der Waals surface area contributed by atoms with Gasteiger partial charge in [0.25, 0.3) is 0 Å². The first-order valence-electron chi connectivity index (χ1n) is 4.08. The molecule has 0 saturated heterocycles. The maximum Gasteiger partial charge on any atom is -0.0230 e. The van der Waals surface area contributed by atoms with Crippen molar-refractivity contribution in [2.75, 3.05) is 0 Å². The second-order valence-corrected chi connectivity index (χ2v) is 2.69. The second kappa shape index (κ2) is 3.97. The first kappa shape index (κ1) is 8.06. The van der Waals surface area contributed by atoms with Crippen molar-refractivity contribution in [2.45, 2.75) is 19.8 Å². The largest absolute Gasteiger partial charge is 0.0912 e. The minimum absolute atomic E-state index is 1.13. The standard InChI is InChI=1S/C11H14/c1-3-4-8-11-9-6-5-7-10(11)2/h5-9H,2-4H2,1H3/b11-8-. The van der Waals surface area contributed by atoms with Gasteiger partial charge in [-0.05, 0) is 16.9 Å². The first-order valence-corrected chi connectivity index (χ1v) is 4.08. The van der Waals surface area contributed by atoms with Gasteiger partial charge in [0, 0.05) is 0 Å². The molecule has 0 nitrogen and oxygen atoms in total. The van der Waals surface area contributed by atoms with Crippen LogP contribution in [0.25, 0.3) is 12.7 Å². The van der Waals surface area contributed by atoms with Gasteiger partial charge in [-0.25, -0.2) is 0 Å². The van der Waals surface area contributed by atoms with Crippen molar-refractivity contribution in [3.8, 4) is 0 Å². The van der Waals surface area contributed by atoms with E-state index in [-0.39, 0.29) is 0 Å². The van der Waals surface area contributed by atoms with Crippen LogP contribution in [0.1, 0.15) is 19.8 Å². The predicted octanol–water partition coefficient (Wildman–Crippen LogP) is 1.68. The molecule has 0 N–H and O–H groups in total. The summed E-state index contributed by atoms with van der Waals surface area (Å²) in [6, 6.07) is 8.22. The maximum atomic E-state index is 3.94. The molecular formula is C11H14. The summed E-state index contributed by atoms with van der Waals surface area (Å²) in [6.07, 6.45) is 4.59. The molecule has 0 atom stereocenters. The average molecular weight is 146 g/mol. The van der Waals surface area contributed by atoms with E-state index in [0.717, 1.165) is 11.6 Å². The van der Waals surface area contributed by atoms with E-state index in [1.165, 1.54) is 11.6 Å². The quantitative estimate of drug-likeness (QED) is 0.595. The SMILES string of the molecule is C=c1cccc/c1=C/CCC. The van der Waals surface area contributed by atoms with E-state index in [4.69, 9.17) is 0 Å². The highest BCUT2D eigenvalue weighted by Gasteiger charge is 1.79. The van der Waals surface area contributed by atoms with Gasteiger partial charge < -0.3 is 0 Å². The molecule has 0 aliphatic carbocycles. The summed E-state index contributed by atoms with van der Waals surface area (Å²) in [6.45, 7) is 6.12. The Morgan fingerprint density at radius 1 is 1.36 bits per heavy atom. The van der Waals surface area contributed by atoms with E-state index in [9.17, 15) is 0 Å². The number of unbranched alkanes of at least 4 members (excludes halogenated alkanes) is 1. The third kappa shape index (κ3) is 2.23. The molecule has 1 aromatic rings. The van der Waals surface area contributed by atoms with Gasteiger partial charge >= 0.3 is 0 Å². The Morgan fingerprint density at radius 2 is 2.09 bits per heavy atom. The molecule has 0 amide bonds. The van der Waals surface area contributed by atoms with Gasteiger partial charge in [-0.2, -0.15) is 0 Å². The normalized spacial score (nSPS) is 11.9. The van der Waals surface area contributed by atoms with E-state index >= 15 is 0 Å². The highest BCUT2D eigenvalue weighted by atomic mass is 13.8. The molecule has 0 aromatic heterocycles. The van der Waals surface area contributed by atoms with Crippen molar-refractivity contribution >= 4 is 12.7 Å². The zero-order chi connectivity index (χ0) is 8.10. The Balaban J connectivity index is 3.03. The molecule has 0 fully saturated rings. The molecule has 0 spiro atoms. The van der Waals surface area contributed by atoms with E-state index in [2.05, 4.69) is 31.7 Å². The molecule has 0 heteroatoms. The number of hydrogen-bond donors (Lipinski definition) is 0. The lowest BCUT2D eigenvalue weighted by atomic mass is 10.2. The molecule has 0 aliphatic rings. The molecule has 0 saturated carbocycles. The summed E-state index contributed by atoms with van der Waals surface area (Å²) in [5.41, 5.74) is 0. The van der Waals surface area contributed by atoms with Crippen LogP contribution in [0.3, 0.4) is 0 Å². The van der Waals surface area contributed by atoms with Crippen LogP contribution in [-0.2, 0) is 0 Å². The summed E-state index contributed by atoms with van der Waals surface area (Å²) < 4.78 is 0. The van der Waals surface area contributed by atoms with E-state index in [1.54, 1.807) is 0 Å². The zero-order valence-electron chi connectivity index (χ0n) is 7.01. The fourth-order valence-corrected chi connectivity index (χ4v) is 1.03. The molecule has 1 rings (SSSR count). The van der Waals surface area contributed by atoms with Gasteiger partial charge in [-0.1, -0.05) is 50.3 Å². The van der Waals surface area contributed by atoms with Gasteiger partial charge in [-0.3, -0.25) is 0 Å². The van der Waals surface area contributed by atoms with Crippen LogP contribution < -0.4 is 10.4 Å². The molecule has 0 unspecified atom stereocenters. The van der Waals surface area contributed by atoms with E-state index in [1.807, 2.05) is 12.1 Å². The summed E-state index contributed by atoms with van der Waals surface area (Å²) in [4.78, 5) is 0. The van der Waals surface area contributed by atoms with Crippen molar-refractivity contribution < 1.29 is 0 Å². The minimum Gasteiger partial charge on any atom is -0.0912 e. The van der Waals surface area contributed by atoms with Gasteiger partial charge in [-0.15, -0.1) is 0 Å². The lowest BCUT2D eigenvalue weighted by molar-refractivity contribution is 0.991. The molecule has 11 heavy (non-hydrogen) atoms. The predicted molar refractivity (Wildman–Crippen MR) is 50.6 cm³/mol. The summed E-state index contributed by atoms with van der Waals surface area (Å²) in [7, 11) is 0.